The van der Waals surface area contributed by atoms with Gasteiger partial charge in [0, 0.05) is 64.5 Å². The van der Waals surface area contributed by atoms with Crippen LogP contribution in [0.4, 0.5) is 5.69 Å². The molecule has 0 aromatic heterocycles. The smallest absolute Gasteiger partial charge is 0.223 e. The molecule has 1 N–H and O–H groups in total. The van der Waals surface area contributed by atoms with Gasteiger partial charge >= 0.3 is 0 Å². The van der Waals surface area contributed by atoms with Gasteiger partial charge in [0.15, 0.2) is 0 Å². The summed E-state index contributed by atoms with van der Waals surface area (Å²) in [6, 6.07) is 8.71. The highest BCUT2D eigenvalue weighted by atomic mass is 16.2. The van der Waals surface area contributed by atoms with Crippen molar-refractivity contribution < 1.29 is 4.79 Å². The van der Waals surface area contributed by atoms with E-state index >= 15 is 0 Å². The van der Waals surface area contributed by atoms with Gasteiger partial charge in [-0.1, -0.05) is 18.2 Å². The lowest BCUT2D eigenvalue weighted by atomic mass is 10.1. The van der Waals surface area contributed by atoms with Crippen LogP contribution in [0.5, 0.6) is 0 Å². The summed E-state index contributed by atoms with van der Waals surface area (Å²) >= 11 is 0. The number of nitrogens with zero attached hydrogens (tertiary/aromatic N) is 3. The Kier molecular flexibility index (Phi) is 6.10. The van der Waals surface area contributed by atoms with E-state index in [0.29, 0.717) is 6.42 Å². The highest BCUT2D eigenvalue weighted by molar-refractivity contribution is 5.76. The zero-order valence-electron chi connectivity index (χ0n) is 14.8. The lowest BCUT2D eigenvalue weighted by Crippen LogP contribution is -2.47. The number of nitrogens with one attached hydrogen (secondary N) is 1. The average molecular weight is 330 g/mol. The highest BCUT2D eigenvalue weighted by Crippen LogP contribution is 2.25. The number of carbonyl (C=O) groups excluding carboxylic acids is 1. The number of benzene rings is 1. The maximum atomic E-state index is 12.3. The Morgan fingerprint density at radius 2 is 1.83 bits per heavy atom. The minimum absolute atomic E-state index is 0.288. The summed E-state index contributed by atoms with van der Waals surface area (Å²) in [5, 5.41) is 3.29. The summed E-state index contributed by atoms with van der Waals surface area (Å²) < 4.78 is 0. The van der Waals surface area contributed by atoms with Crippen LogP contribution in [-0.4, -0.2) is 68.6 Å². The first-order valence-corrected chi connectivity index (χ1v) is 9.24. The zero-order chi connectivity index (χ0) is 16.8. The summed E-state index contributed by atoms with van der Waals surface area (Å²) in [4.78, 5) is 19.1. The van der Waals surface area contributed by atoms with Gasteiger partial charge in [-0.15, -0.1) is 0 Å². The molecule has 5 heteroatoms. The first kappa shape index (κ1) is 17.2. The lowest BCUT2D eigenvalue weighted by Gasteiger charge is -2.28. The van der Waals surface area contributed by atoms with Crippen LogP contribution in [0, 0.1) is 0 Å². The van der Waals surface area contributed by atoms with Crippen molar-refractivity contribution in [2.24, 2.45) is 0 Å². The van der Waals surface area contributed by atoms with E-state index in [2.05, 4.69) is 46.4 Å². The number of carbonyl (C=O) groups is 1. The predicted octanol–water partition coefficient (Wildman–Crippen LogP) is 1.54. The van der Waals surface area contributed by atoms with Crippen molar-refractivity contribution in [1.82, 2.24) is 15.1 Å². The molecule has 0 bridgehead atoms. The van der Waals surface area contributed by atoms with Gasteiger partial charge in [0.1, 0.15) is 0 Å². The van der Waals surface area contributed by atoms with Gasteiger partial charge < -0.3 is 20.0 Å². The number of hydrogen-bond donors (Lipinski definition) is 1. The molecule has 5 nitrogen and oxygen atoms in total. The fourth-order valence-electron chi connectivity index (χ4n) is 3.64. The maximum absolute atomic E-state index is 12.3. The molecule has 24 heavy (non-hydrogen) atoms. The van der Waals surface area contributed by atoms with Crippen molar-refractivity contribution in [1.29, 1.82) is 0 Å². The van der Waals surface area contributed by atoms with E-state index in [1.54, 1.807) is 0 Å². The van der Waals surface area contributed by atoms with E-state index in [0.717, 1.165) is 39.3 Å². The molecule has 0 aliphatic carbocycles. The largest absolute Gasteiger partial charge is 0.371 e. The van der Waals surface area contributed by atoms with Crippen LogP contribution in [-0.2, 0) is 11.3 Å². The lowest BCUT2D eigenvalue weighted by molar-refractivity contribution is -0.132. The second-order valence-electron chi connectivity index (χ2n) is 6.94. The molecule has 0 spiro atoms. The Balaban J connectivity index is 1.51. The fourth-order valence-corrected chi connectivity index (χ4v) is 3.64. The van der Waals surface area contributed by atoms with Crippen LogP contribution in [0.15, 0.2) is 24.3 Å². The van der Waals surface area contributed by atoms with E-state index in [4.69, 9.17) is 0 Å². The van der Waals surface area contributed by atoms with E-state index in [1.807, 2.05) is 4.90 Å². The summed E-state index contributed by atoms with van der Waals surface area (Å²) in [6.45, 7) is 7.60. The van der Waals surface area contributed by atoms with Crippen molar-refractivity contribution in [3.63, 3.8) is 0 Å². The quantitative estimate of drug-likeness (QED) is 0.859. The van der Waals surface area contributed by atoms with E-state index < -0.39 is 0 Å². The Hall–Kier alpha value is -1.59. The monoisotopic (exact) mass is 330 g/mol. The average Bonchev–Trinajstić information content (AvgIpc) is 3.15. The van der Waals surface area contributed by atoms with Crippen LogP contribution in [0.2, 0.25) is 0 Å². The van der Waals surface area contributed by atoms with Crippen molar-refractivity contribution in [3.05, 3.63) is 29.8 Å². The van der Waals surface area contributed by atoms with Crippen LogP contribution in [0.25, 0.3) is 0 Å². The fraction of sp³-hybridized carbons (Fsp3) is 0.632. The molecule has 0 saturated carbocycles. The summed E-state index contributed by atoms with van der Waals surface area (Å²) in [5.41, 5.74) is 2.74. The second kappa shape index (κ2) is 8.49. The standard InChI is InChI=1S/C19H30N4O/c1-21(13-8-19(24)23-14-9-20-10-15-23)16-17-6-2-3-7-18(17)22-11-4-5-12-22/h2-3,6-7,20H,4-5,8-16H2,1H3. The van der Waals surface area contributed by atoms with Crippen LogP contribution in [0.3, 0.4) is 0 Å². The summed E-state index contributed by atoms with van der Waals surface area (Å²) in [6.07, 6.45) is 3.20. The minimum Gasteiger partial charge on any atom is -0.371 e. The van der Waals surface area contributed by atoms with Crippen molar-refractivity contribution in [2.45, 2.75) is 25.8 Å². The summed E-state index contributed by atoms with van der Waals surface area (Å²) in [5.74, 6) is 0.288. The first-order chi connectivity index (χ1) is 11.7. The van der Waals surface area contributed by atoms with Crippen molar-refractivity contribution >= 4 is 11.6 Å². The third-order valence-electron chi connectivity index (χ3n) is 5.06. The molecule has 2 fully saturated rings. The number of amides is 1. The molecule has 0 atom stereocenters. The third-order valence-corrected chi connectivity index (χ3v) is 5.06. The molecule has 1 aromatic carbocycles. The molecular formula is C19H30N4O. The molecule has 2 heterocycles. The van der Waals surface area contributed by atoms with Crippen LogP contribution >= 0.6 is 0 Å². The minimum atomic E-state index is 0.288. The topological polar surface area (TPSA) is 38.8 Å². The Morgan fingerprint density at radius 3 is 2.58 bits per heavy atom. The van der Waals surface area contributed by atoms with E-state index in [9.17, 15) is 4.79 Å². The van der Waals surface area contributed by atoms with Gasteiger partial charge in [0.2, 0.25) is 5.91 Å². The normalized spacial score (nSPS) is 18.4. The SMILES string of the molecule is CN(CCC(=O)N1CCNCC1)Cc1ccccc1N1CCCC1. The molecular weight excluding hydrogens is 300 g/mol. The maximum Gasteiger partial charge on any atom is 0.223 e. The molecule has 3 rings (SSSR count). The Labute approximate surface area is 145 Å². The van der Waals surface area contributed by atoms with Gasteiger partial charge in [-0.2, -0.15) is 0 Å². The number of piperazine rings is 1. The number of hydrogen-bond acceptors (Lipinski definition) is 4. The number of rotatable bonds is 6. The van der Waals surface area contributed by atoms with Gasteiger partial charge in [0.05, 0.1) is 0 Å². The molecule has 2 aliphatic rings. The Bertz CT molecular complexity index is 536. The number of para-hydroxylation sites is 1. The van der Waals surface area contributed by atoms with Crippen molar-refractivity contribution in [3.8, 4) is 0 Å². The van der Waals surface area contributed by atoms with Gasteiger partial charge in [-0.25, -0.2) is 0 Å². The molecule has 1 amide bonds. The second-order valence-corrected chi connectivity index (χ2v) is 6.94. The first-order valence-electron chi connectivity index (χ1n) is 9.24. The molecule has 0 radical (unpaired) electrons. The molecule has 0 unspecified atom stereocenters. The predicted molar refractivity (Wildman–Crippen MR) is 98.3 cm³/mol. The molecule has 1 aromatic rings. The van der Waals surface area contributed by atoms with Gasteiger partial charge in [0.25, 0.3) is 0 Å². The molecule has 132 valence electrons. The molecule has 2 aliphatic heterocycles. The third kappa shape index (κ3) is 4.48. The van der Waals surface area contributed by atoms with E-state index in [-0.39, 0.29) is 5.91 Å². The van der Waals surface area contributed by atoms with Gasteiger partial charge in [-0.3, -0.25) is 4.79 Å². The van der Waals surface area contributed by atoms with Crippen LogP contribution < -0.4 is 10.2 Å². The van der Waals surface area contributed by atoms with Gasteiger partial charge in [-0.05, 0) is 31.5 Å². The summed E-state index contributed by atoms with van der Waals surface area (Å²) in [7, 11) is 2.12. The zero-order valence-corrected chi connectivity index (χ0v) is 14.8. The highest BCUT2D eigenvalue weighted by Gasteiger charge is 2.18. The van der Waals surface area contributed by atoms with Crippen molar-refractivity contribution in [2.75, 3.05) is 57.8 Å². The number of anilines is 1. The van der Waals surface area contributed by atoms with Crippen LogP contribution in [0.1, 0.15) is 24.8 Å². The Morgan fingerprint density at radius 1 is 1.12 bits per heavy atom. The molecule has 2 saturated heterocycles. The van der Waals surface area contributed by atoms with E-state index in [1.165, 1.54) is 37.2 Å².